The summed E-state index contributed by atoms with van der Waals surface area (Å²) in [6, 6.07) is 21.3. The molecule has 4 nitrogen and oxygen atoms in total. The third-order valence-electron chi connectivity index (χ3n) is 5.65. The number of rotatable bonds is 2. The van der Waals surface area contributed by atoms with Crippen LogP contribution in [0.15, 0.2) is 60.7 Å². The lowest BCUT2D eigenvalue weighted by Crippen LogP contribution is -2.53. The monoisotopic (exact) mass is 322 g/mol. The largest absolute Gasteiger partial charge is 0.528 e. The van der Waals surface area contributed by atoms with E-state index in [1.165, 1.54) is 11.1 Å². The van der Waals surface area contributed by atoms with Gasteiger partial charge in [0.25, 0.3) is 0 Å². The van der Waals surface area contributed by atoms with Crippen molar-refractivity contribution in [3.05, 3.63) is 71.8 Å². The Balaban J connectivity index is 1.73. The Morgan fingerprint density at radius 3 is 2.04 bits per heavy atom. The minimum atomic E-state index is -1.81. The van der Waals surface area contributed by atoms with Gasteiger partial charge in [-0.2, -0.15) is 0 Å². The molecule has 3 heterocycles. The van der Waals surface area contributed by atoms with Gasteiger partial charge in [-0.15, -0.1) is 0 Å². The van der Waals surface area contributed by atoms with E-state index in [0.717, 1.165) is 19.4 Å². The highest BCUT2D eigenvalue weighted by molar-refractivity contribution is 6.59. The average Bonchev–Trinajstić information content (AvgIpc) is 3.36. The highest BCUT2D eigenvalue weighted by Crippen LogP contribution is 2.53. The lowest BCUT2D eigenvalue weighted by atomic mass is 9.79. The van der Waals surface area contributed by atoms with E-state index >= 15 is 0 Å². The van der Waals surface area contributed by atoms with Crippen LogP contribution in [0.1, 0.15) is 24.0 Å². The van der Waals surface area contributed by atoms with Crippen LogP contribution in [0.4, 0.5) is 0 Å². The van der Waals surface area contributed by atoms with Gasteiger partial charge >= 0.3 is 6.89 Å². The van der Waals surface area contributed by atoms with Crippen molar-refractivity contribution in [2.45, 2.75) is 24.5 Å². The Morgan fingerprint density at radius 2 is 1.46 bits per heavy atom. The lowest BCUT2D eigenvalue weighted by Gasteiger charge is -2.40. The first-order chi connectivity index (χ1) is 11.9. The second-order valence-corrected chi connectivity index (χ2v) is 6.83. The van der Waals surface area contributed by atoms with Gasteiger partial charge in [-0.25, -0.2) is 0 Å². The molecule has 3 saturated heterocycles. The molecule has 1 atom stereocenters. The average molecular weight is 322 g/mol. The Bertz CT molecular complexity index is 678. The van der Waals surface area contributed by atoms with Gasteiger partial charge in [0.15, 0.2) is 0 Å². The van der Waals surface area contributed by atoms with Crippen LogP contribution >= 0.6 is 0 Å². The number of nitrogens with zero attached hydrogens (tertiary/aromatic N) is 1. The fourth-order valence-electron chi connectivity index (χ4n) is 4.75. The molecule has 5 heteroatoms. The van der Waals surface area contributed by atoms with E-state index < -0.39 is 12.5 Å². The third-order valence-corrected chi connectivity index (χ3v) is 5.65. The van der Waals surface area contributed by atoms with Gasteiger partial charge in [0.2, 0.25) is 0 Å². The summed E-state index contributed by atoms with van der Waals surface area (Å²) in [7, 11) is 0. The number of fused-ring (bicyclic) bond motifs is 2. The van der Waals surface area contributed by atoms with Crippen LogP contribution in [-0.2, 0) is 19.6 Å². The van der Waals surface area contributed by atoms with Gasteiger partial charge in [-0.3, -0.25) is 0 Å². The molecule has 0 aromatic heterocycles. The normalized spacial score (nSPS) is 27.6. The van der Waals surface area contributed by atoms with E-state index in [9.17, 15) is 0 Å². The van der Waals surface area contributed by atoms with E-state index in [2.05, 4.69) is 53.3 Å². The van der Waals surface area contributed by atoms with Crippen molar-refractivity contribution in [3.8, 4) is 0 Å². The molecule has 0 saturated carbocycles. The van der Waals surface area contributed by atoms with Crippen LogP contribution in [-0.4, -0.2) is 37.5 Å². The lowest BCUT2D eigenvalue weighted by molar-refractivity contribution is 0.0506. The molecule has 0 N–H and O–H groups in total. The maximum Gasteiger partial charge on any atom is 0.465 e. The molecule has 2 aromatic carbocycles. The molecule has 3 aliphatic rings. The van der Waals surface area contributed by atoms with Crippen molar-refractivity contribution < 1.29 is 14.0 Å². The third kappa shape index (κ3) is 1.90. The molecule has 2 aromatic rings. The van der Waals surface area contributed by atoms with Gasteiger partial charge < -0.3 is 18.8 Å². The summed E-state index contributed by atoms with van der Waals surface area (Å²) in [6.45, 7) is 0.350. The Labute approximate surface area is 142 Å². The number of hydrogen-bond donors (Lipinski definition) is 0. The standard InChI is InChI=1S/C19H21BNO3/c1-3-8-16(9-4-1)19(17-10-5-2-6-11-17)18-12-7-13-21(18)20(24-19)22-14-15-23-20/h1-6,8-11,18H,7,12-15H2/q-1. The fourth-order valence-corrected chi connectivity index (χ4v) is 4.75. The second-order valence-electron chi connectivity index (χ2n) is 6.83. The van der Waals surface area contributed by atoms with Crippen molar-refractivity contribution in [2.24, 2.45) is 0 Å². The first kappa shape index (κ1) is 14.7. The zero-order valence-electron chi connectivity index (χ0n) is 13.6. The topological polar surface area (TPSA) is 30.9 Å². The first-order valence-corrected chi connectivity index (χ1v) is 8.84. The first-order valence-electron chi connectivity index (χ1n) is 8.84. The fraction of sp³-hybridized carbons (Fsp3) is 0.368. The van der Waals surface area contributed by atoms with Crippen molar-refractivity contribution in [2.75, 3.05) is 19.8 Å². The maximum absolute atomic E-state index is 6.78. The Morgan fingerprint density at radius 1 is 0.875 bits per heavy atom. The SMILES string of the molecule is c1ccc(C2(c3ccccc3)O[B-]3(OCCO3)N3CCCC32)cc1. The summed E-state index contributed by atoms with van der Waals surface area (Å²) in [6.07, 6.45) is 2.23. The molecule has 5 rings (SSSR count). The van der Waals surface area contributed by atoms with Crippen molar-refractivity contribution >= 4 is 6.89 Å². The minimum Gasteiger partial charge on any atom is -0.528 e. The van der Waals surface area contributed by atoms with Crippen molar-refractivity contribution in [1.82, 2.24) is 4.81 Å². The van der Waals surface area contributed by atoms with E-state index in [-0.39, 0.29) is 6.04 Å². The molecule has 1 spiro atoms. The summed E-state index contributed by atoms with van der Waals surface area (Å²) >= 11 is 0. The predicted molar refractivity (Wildman–Crippen MR) is 92.1 cm³/mol. The second kappa shape index (κ2) is 5.43. The zero-order valence-corrected chi connectivity index (χ0v) is 13.6. The van der Waals surface area contributed by atoms with Gasteiger partial charge in [0.1, 0.15) is 0 Å². The summed E-state index contributed by atoms with van der Waals surface area (Å²) in [5.74, 6) is 0. The van der Waals surface area contributed by atoms with E-state index in [1.54, 1.807) is 0 Å². The van der Waals surface area contributed by atoms with Crippen molar-refractivity contribution in [3.63, 3.8) is 0 Å². The van der Waals surface area contributed by atoms with Crippen LogP contribution in [0.2, 0.25) is 0 Å². The van der Waals surface area contributed by atoms with Crippen LogP contribution in [0.25, 0.3) is 0 Å². The van der Waals surface area contributed by atoms with Gasteiger partial charge in [-0.05, 0) is 30.5 Å². The molecule has 24 heavy (non-hydrogen) atoms. The molecule has 0 amide bonds. The Kier molecular flexibility index (Phi) is 3.32. The van der Waals surface area contributed by atoms with Gasteiger partial charge in [-0.1, -0.05) is 60.7 Å². The quantitative estimate of drug-likeness (QED) is 0.796. The smallest absolute Gasteiger partial charge is 0.465 e. The predicted octanol–water partition coefficient (Wildman–Crippen LogP) is 2.91. The molecule has 3 fully saturated rings. The maximum atomic E-state index is 6.78. The minimum absolute atomic E-state index is 0.236. The van der Waals surface area contributed by atoms with E-state index in [0.29, 0.717) is 13.2 Å². The van der Waals surface area contributed by atoms with Crippen LogP contribution in [0, 0.1) is 0 Å². The van der Waals surface area contributed by atoms with Crippen LogP contribution in [0.3, 0.4) is 0 Å². The molecule has 0 radical (unpaired) electrons. The highest BCUT2D eigenvalue weighted by Gasteiger charge is 2.62. The number of hydrogen-bond acceptors (Lipinski definition) is 4. The zero-order chi connectivity index (χ0) is 16.0. The molecular formula is C19H21BNO3-. The summed E-state index contributed by atoms with van der Waals surface area (Å²) in [4.78, 5) is 2.34. The summed E-state index contributed by atoms with van der Waals surface area (Å²) in [5.41, 5.74) is 1.81. The Hall–Kier alpha value is -1.66. The number of benzene rings is 2. The van der Waals surface area contributed by atoms with Gasteiger partial charge in [0.05, 0.1) is 5.60 Å². The summed E-state index contributed by atoms with van der Waals surface area (Å²) in [5, 5.41) is 0. The molecule has 124 valence electrons. The van der Waals surface area contributed by atoms with Crippen molar-refractivity contribution in [1.29, 1.82) is 0 Å². The van der Waals surface area contributed by atoms with E-state index in [4.69, 9.17) is 14.0 Å². The van der Waals surface area contributed by atoms with Crippen LogP contribution in [0.5, 0.6) is 0 Å². The molecule has 3 aliphatic heterocycles. The molecule has 0 bridgehead atoms. The molecular weight excluding hydrogens is 301 g/mol. The molecule has 0 aliphatic carbocycles. The van der Waals surface area contributed by atoms with Gasteiger partial charge in [0, 0.05) is 19.3 Å². The summed E-state index contributed by atoms with van der Waals surface area (Å²) < 4.78 is 18.9. The van der Waals surface area contributed by atoms with E-state index in [1.807, 2.05) is 12.1 Å². The molecule has 1 unspecified atom stereocenters. The highest BCUT2D eigenvalue weighted by atomic mass is 16.8. The van der Waals surface area contributed by atoms with Crippen LogP contribution < -0.4 is 0 Å².